The van der Waals surface area contributed by atoms with E-state index >= 15 is 0 Å². The highest BCUT2D eigenvalue weighted by molar-refractivity contribution is 5.48. The van der Waals surface area contributed by atoms with Gasteiger partial charge < -0.3 is 20.3 Å². The molecule has 1 aromatic carbocycles. The van der Waals surface area contributed by atoms with Gasteiger partial charge in [-0.05, 0) is 27.1 Å². The number of benzene rings is 1. The SMILES string of the molecule is COc1ccccc1CNc1cc(NCCN(C)C)nc(C)n1. The second-order valence-corrected chi connectivity index (χ2v) is 5.58. The molecule has 0 atom stereocenters. The monoisotopic (exact) mass is 315 g/mol. The Labute approximate surface area is 137 Å². The van der Waals surface area contributed by atoms with Gasteiger partial charge in [-0.15, -0.1) is 0 Å². The van der Waals surface area contributed by atoms with Crippen molar-refractivity contribution < 1.29 is 4.74 Å². The van der Waals surface area contributed by atoms with E-state index in [1.54, 1.807) is 7.11 Å². The largest absolute Gasteiger partial charge is 0.496 e. The van der Waals surface area contributed by atoms with E-state index in [0.29, 0.717) is 6.54 Å². The molecular weight excluding hydrogens is 290 g/mol. The first-order valence-electron chi connectivity index (χ1n) is 7.68. The molecule has 124 valence electrons. The number of ether oxygens (including phenoxy) is 1. The van der Waals surface area contributed by atoms with Crippen molar-refractivity contribution in [1.82, 2.24) is 14.9 Å². The molecule has 0 aliphatic rings. The Hall–Kier alpha value is -2.34. The summed E-state index contributed by atoms with van der Waals surface area (Å²) in [6, 6.07) is 9.88. The molecule has 1 aromatic heterocycles. The molecule has 0 radical (unpaired) electrons. The quantitative estimate of drug-likeness (QED) is 0.780. The Morgan fingerprint density at radius 1 is 1.09 bits per heavy atom. The molecule has 0 spiro atoms. The number of nitrogens with zero attached hydrogens (tertiary/aromatic N) is 3. The van der Waals surface area contributed by atoms with Crippen LogP contribution in [0.3, 0.4) is 0 Å². The molecule has 0 aliphatic carbocycles. The van der Waals surface area contributed by atoms with Gasteiger partial charge in [0.15, 0.2) is 0 Å². The lowest BCUT2D eigenvalue weighted by Crippen LogP contribution is -2.21. The fraction of sp³-hybridized carbons (Fsp3) is 0.412. The maximum absolute atomic E-state index is 5.37. The van der Waals surface area contributed by atoms with Gasteiger partial charge in [-0.3, -0.25) is 0 Å². The fourth-order valence-corrected chi connectivity index (χ4v) is 2.19. The number of aromatic nitrogens is 2. The minimum Gasteiger partial charge on any atom is -0.496 e. The fourth-order valence-electron chi connectivity index (χ4n) is 2.19. The minimum absolute atomic E-state index is 0.650. The Bertz CT molecular complexity index is 630. The van der Waals surface area contributed by atoms with Gasteiger partial charge in [0.05, 0.1) is 7.11 Å². The zero-order chi connectivity index (χ0) is 16.7. The van der Waals surface area contributed by atoms with Crippen LogP contribution < -0.4 is 15.4 Å². The van der Waals surface area contributed by atoms with Crippen LogP contribution in [0.2, 0.25) is 0 Å². The van der Waals surface area contributed by atoms with E-state index in [2.05, 4.69) is 25.5 Å². The number of aryl methyl sites for hydroxylation is 1. The molecule has 2 N–H and O–H groups in total. The number of methoxy groups -OCH3 is 1. The normalized spacial score (nSPS) is 10.7. The molecule has 0 fully saturated rings. The lowest BCUT2D eigenvalue weighted by atomic mass is 10.2. The molecular formula is C17H25N5O. The Kier molecular flexibility index (Phi) is 6.17. The van der Waals surface area contributed by atoms with E-state index in [0.717, 1.165) is 41.9 Å². The van der Waals surface area contributed by atoms with Crippen LogP contribution in [0.1, 0.15) is 11.4 Å². The van der Waals surface area contributed by atoms with Crippen LogP contribution in [0.4, 0.5) is 11.6 Å². The molecule has 2 rings (SSSR count). The first-order valence-corrected chi connectivity index (χ1v) is 7.68. The number of anilines is 2. The molecule has 23 heavy (non-hydrogen) atoms. The van der Waals surface area contributed by atoms with Crippen molar-refractivity contribution in [2.75, 3.05) is 44.9 Å². The van der Waals surface area contributed by atoms with Gasteiger partial charge in [0, 0.05) is 31.3 Å². The summed E-state index contributed by atoms with van der Waals surface area (Å²) in [5.41, 5.74) is 1.09. The maximum Gasteiger partial charge on any atom is 0.132 e. The molecule has 0 aliphatic heterocycles. The maximum atomic E-state index is 5.37. The van der Waals surface area contributed by atoms with Gasteiger partial charge in [-0.1, -0.05) is 18.2 Å². The molecule has 1 heterocycles. The second kappa shape index (κ2) is 8.33. The molecule has 0 amide bonds. The summed E-state index contributed by atoms with van der Waals surface area (Å²) in [7, 11) is 5.78. The first kappa shape index (κ1) is 17.0. The number of rotatable bonds is 8. The molecule has 0 saturated heterocycles. The van der Waals surface area contributed by atoms with Crippen LogP contribution >= 0.6 is 0 Å². The van der Waals surface area contributed by atoms with Crippen LogP contribution in [0, 0.1) is 6.92 Å². The van der Waals surface area contributed by atoms with Gasteiger partial charge >= 0.3 is 0 Å². The Morgan fingerprint density at radius 3 is 2.48 bits per heavy atom. The summed E-state index contributed by atoms with van der Waals surface area (Å²) >= 11 is 0. The van der Waals surface area contributed by atoms with Gasteiger partial charge in [-0.25, -0.2) is 9.97 Å². The summed E-state index contributed by atoms with van der Waals surface area (Å²) < 4.78 is 5.37. The zero-order valence-electron chi connectivity index (χ0n) is 14.3. The summed E-state index contributed by atoms with van der Waals surface area (Å²) in [4.78, 5) is 11.0. The topological polar surface area (TPSA) is 62.3 Å². The Morgan fingerprint density at radius 2 is 1.78 bits per heavy atom. The van der Waals surface area contributed by atoms with E-state index in [1.165, 1.54) is 0 Å². The van der Waals surface area contributed by atoms with Crippen molar-refractivity contribution in [1.29, 1.82) is 0 Å². The number of hydrogen-bond donors (Lipinski definition) is 2. The molecule has 6 heteroatoms. The predicted molar refractivity (Wildman–Crippen MR) is 94.1 cm³/mol. The van der Waals surface area contributed by atoms with E-state index in [4.69, 9.17) is 4.74 Å². The van der Waals surface area contributed by atoms with Gasteiger partial charge in [-0.2, -0.15) is 0 Å². The van der Waals surface area contributed by atoms with Gasteiger partial charge in [0.1, 0.15) is 23.2 Å². The van der Waals surface area contributed by atoms with E-state index in [-0.39, 0.29) is 0 Å². The number of hydrogen-bond acceptors (Lipinski definition) is 6. The highest BCUT2D eigenvalue weighted by Crippen LogP contribution is 2.19. The lowest BCUT2D eigenvalue weighted by Gasteiger charge is -2.13. The smallest absolute Gasteiger partial charge is 0.132 e. The van der Waals surface area contributed by atoms with E-state index in [1.807, 2.05) is 51.4 Å². The number of likely N-dealkylation sites (N-methyl/N-ethyl adjacent to an activating group) is 1. The molecule has 6 nitrogen and oxygen atoms in total. The van der Waals surface area contributed by atoms with Crippen LogP contribution in [-0.4, -0.2) is 49.2 Å². The van der Waals surface area contributed by atoms with Crippen molar-refractivity contribution in [3.63, 3.8) is 0 Å². The highest BCUT2D eigenvalue weighted by Gasteiger charge is 2.05. The average Bonchev–Trinajstić information content (AvgIpc) is 2.52. The third-order valence-corrected chi connectivity index (χ3v) is 3.36. The highest BCUT2D eigenvalue weighted by atomic mass is 16.5. The van der Waals surface area contributed by atoms with Crippen LogP contribution in [0.25, 0.3) is 0 Å². The summed E-state index contributed by atoms with van der Waals surface area (Å²) in [5.74, 6) is 3.25. The van der Waals surface area contributed by atoms with Crippen molar-refractivity contribution in [2.24, 2.45) is 0 Å². The summed E-state index contributed by atoms with van der Waals surface area (Å²) in [6.07, 6.45) is 0. The number of para-hydroxylation sites is 1. The lowest BCUT2D eigenvalue weighted by molar-refractivity contribution is 0.410. The van der Waals surface area contributed by atoms with Gasteiger partial charge in [0.2, 0.25) is 0 Å². The molecule has 0 unspecified atom stereocenters. The van der Waals surface area contributed by atoms with Crippen molar-refractivity contribution in [2.45, 2.75) is 13.5 Å². The van der Waals surface area contributed by atoms with E-state index < -0.39 is 0 Å². The van der Waals surface area contributed by atoms with Crippen LogP contribution in [-0.2, 0) is 6.54 Å². The zero-order valence-corrected chi connectivity index (χ0v) is 14.3. The third-order valence-electron chi connectivity index (χ3n) is 3.36. The Balaban J connectivity index is 2.00. The molecule has 2 aromatic rings. The van der Waals surface area contributed by atoms with Crippen LogP contribution in [0.15, 0.2) is 30.3 Å². The molecule has 0 bridgehead atoms. The summed E-state index contributed by atoms with van der Waals surface area (Å²) in [5, 5.41) is 6.66. The molecule has 0 saturated carbocycles. The van der Waals surface area contributed by atoms with Gasteiger partial charge in [0.25, 0.3) is 0 Å². The standard InChI is InChI=1S/C17H25N5O/c1-13-20-16(18-9-10-22(2)3)11-17(21-13)19-12-14-7-5-6-8-15(14)23-4/h5-8,11H,9-10,12H2,1-4H3,(H2,18,19,20,21). The minimum atomic E-state index is 0.650. The summed E-state index contributed by atoms with van der Waals surface area (Å²) in [6.45, 7) is 4.34. The average molecular weight is 315 g/mol. The van der Waals surface area contributed by atoms with Crippen molar-refractivity contribution in [3.05, 3.63) is 41.7 Å². The predicted octanol–water partition coefficient (Wildman–Crippen LogP) is 2.38. The second-order valence-electron chi connectivity index (χ2n) is 5.58. The van der Waals surface area contributed by atoms with Crippen molar-refractivity contribution >= 4 is 11.6 Å². The number of nitrogens with one attached hydrogen (secondary N) is 2. The van der Waals surface area contributed by atoms with E-state index in [9.17, 15) is 0 Å². The van der Waals surface area contributed by atoms with Crippen LogP contribution in [0.5, 0.6) is 5.75 Å². The third kappa shape index (κ3) is 5.41. The van der Waals surface area contributed by atoms with Crippen molar-refractivity contribution in [3.8, 4) is 5.75 Å². The first-order chi connectivity index (χ1) is 11.1.